The Bertz CT molecular complexity index is 1100. The Balaban J connectivity index is 1.74. The highest BCUT2D eigenvalue weighted by Gasteiger charge is 2.50. The van der Waals surface area contributed by atoms with Crippen LogP contribution in [0, 0.1) is 5.82 Å². The molecule has 9 heteroatoms. The molecular weight excluding hydrogens is 391 g/mol. The van der Waals surface area contributed by atoms with Gasteiger partial charge in [0.15, 0.2) is 0 Å². The molecule has 3 heterocycles. The molecule has 2 aromatic heterocycles. The lowest BCUT2D eigenvalue weighted by atomic mass is 9.94. The Morgan fingerprint density at radius 3 is 2.67 bits per heavy atom. The summed E-state index contributed by atoms with van der Waals surface area (Å²) in [5.41, 5.74) is 0.924. The summed E-state index contributed by atoms with van der Waals surface area (Å²) in [7, 11) is 0. The van der Waals surface area contributed by atoms with Crippen molar-refractivity contribution in [3.05, 3.63) is 66.1 Å². The number of rotatable bonds is 5. The van der Waals surface area contributed by atoms with E-state index >= 15 is 0 Å². The third-order valence-electron chi connectivity index (χ3n) is 4.89. The molecular formula is C21H19FN4O4. The predicted molar refractivity (Wildman–Crippen MR) is 107 cm³/mol. The zero-order chi connectivity index (χ0) is 21.3. The highest BCUT2D eigenvalue weighted by atomic mass is 19.1. The monoisotopic (exact) mass is 410 g/mol. The summed E-state index contributed by atoms with van der Waals surface area (Å²) in [6.07, 6.45) is 4.50. The molecule has 2 N–H and O–H groups in total. The summed E-state index contributed by atoms with van der Waals surface area (Å²) < 4.78 is 24.9. The molecule has 1 aliphatic heterocycles. The van der Waals surface area contributed by atoms with Crippen LogP contribution in [-0.4, -0.2) is 33.8 Å². The fraction of sp³-hybridized carbons (Fsp3) is 0.238. The van der Waals surface area contributed by atoms with E-state index in [1.807, 2.05) is 13.8 Å². The number of hydrogen-bond acceptors (Lipinski definition) is 7. The maximum atomic E-state index is 14.4. The molecule has 0 radical (unpaired) electrons. The van der Waals surface area contributed by atoms with Gasteiger partial charge in [0, 0.05) is 24.0 Å². The van der Waals surface area contributed by atoms with Crippen LogP contribution in [0.1, 0.15) is 31.0 Å². The molecule has 0 fully saturated rings. The van der Waals surface area contributed by atoms with Crippen molar-refractivity contribution in [1.29, 1.82) is 0 Å². The van der Waals surface area contributed by atoms with Crippen molar-refractivity contribution >= 4 is 17.7 Å². The number of nitrogens with one attached hydrogen (secondary N) is 1. The summed E-state index contributed by atoms with van der Waals surface area (Å²) >= 11 is 0. The van der Waals surface area contributed by atoms with Gasteiger partial charge in [-0.05, 0) is 41.3 Å². The van der Waals surface area contributed by atoms with Gasteiger partial charge in [0.25, 0.3) is 11.6 Å². The van der Waals surface area contributed by atoms with E-state index in [2.05, 4.69) is 20.4 Å². The van der Waals surface area contributed by atoms with Crippen molar-refractivity contribution in [2.75, 3.05) is 11.9 Å². The molecule has 0 amide bonds. The van der Waals surface area contributed by atoms with Gasteiger partial charge in [0.05, 0.1) is 5.69 Å². The van der Waals surface area contributed by atoms with Crippen LogP contribution in [0.5, 0.6) is 0 Å². The fourth-order valence-electron chi connectivity index (χ4n) is 3.34. The summed E-state index contributed by atoms with van der Waals surface area (Å²) in [6, 6.07) is 7.80. The van der Waals surface area contributed by atoms with Crippen LogP contribution in [0.4, 0.5) is 10.1 Å². The summed E-state index contributed by atoms with van der Waals surface area (Å²) in [5.74, 6) is -1.65. The minimum Gasteiger partial charge on any atom is -0.478 e. The molecule has 3 aromatic rings. The zero-order valence-corrected chi connectivity index (χ0v) is 16.3. The number of aliphatic carboxylic acids is 1. The maximum absolute atomic E-state index is 14.4. The number of nitrogens with zero attached hydrogens (tertiary/aromatic N) is 3. The number of pyridine rings is 1. The molecule has 0 saturated carbocycles. The van der Waals surface area contributed by atoms with Crippen LogP contribution in [0.15, 0.2) is 58.5 Å². The van der Waals surface area contributed by atoms with Gasteiger partial charge in [-0.3, -0.25) is 4.98 Å². The SMILES string of the molecule is CC(C)c1cc(F)cc(-c2ccncc2)c1NC1=NCC(C(=O)O)(c2ccon2)O1. The third kappa shape index (κ3) is 3.38. The van der Waals surface area contributed by atoms with E-state index in [4.69, 9.17) is 9.26 Å². The van der Waals surface area contributed by atoms with Crippen LogP contribution in [-0.2, 0) is 15.1 Å². The third-order valence-corrected chi connectivity index (χ3v) is 4.89. The van der Waals surface area contributed by atoms with Gasteiger partial charge < -0.3 is 19.7 Å². The molecule has 0 bridgehead atoms. The van der Waals surface area contributed by atoms with Gasteiger partial charge in [-0.1, -0.05) is 19.0 Å². The smallest absolute Gasteiger partial charge is 0.356 e. The van der Waals surface area contributed by atoms with Crippen molar-refractivity contribution in [2.45, 2.75) is 25.4 Å². The molecule has 1 unspecified atom stereocenters. The number of carboxylic acids is 1. The zero-order valence-electron chi connectivity index (χ0n) is 16.3. The largest absolute Gasteiger partial charge is 0.478 e. The van der Waals surface area contributed by atoms with Crippen LogP contribution in [0.3, 0.4) is 0 Å². The Kier molecular flexibility index (Phi) is 4.94. The molecule has 1 aliphatic rings. The first-order chi connectivity index (χ1) is 14.4. The standard InChI is InChI=1S/C21H19FN4O4/c1-12(2)15-9-14(22)10-16(13-3-6-23-7-4-13)18(15)25-20-24-11-21(30-20,19(27)28)17-5-8-29-26-17/h3-10,12H,11H2,1-2H3,(H,24,25)(H,27,28). The summed E-state index contributed by atoms with van der Waals surface area (Å²) in [5, 5.41) is 16.6. The Morgan fingerprint density at radius 2 is 2.03 bits per heavy atom. The number of carbonyl (C=O) groups is 1. The number of aromatic nitrogens is 2. The van der Waals surface area contributed by atoms with E-state index in [0.717, 1.165) is 5.56 Å². The normalized spacial score (nSPS) is 18.2. The lowest BCUT2D eigenvalue weighted by molar-refractivity contribution is -0.155. The van der Waals surface area contributed by atoms with Crippen molar-refractivity contribution in [2.24, 2.45) is 4.99 Å². The van der Waals surface area contributed by atoms with Gasteiger partial charge >= 0.3 is 5.97 Å². The lowest BCUT2D eigenvalue weighted by Gasteiger charge is -2.23. The second-order valence-corrected chi connectivity index (χ2v) is 7.17. The number of halogens is 1. The summed E-state index contributed by atoms with van der Waals surface area (Å²) in [6.45, 7) is 3.69. The van der Waals surface area contributed by atoms with Gasteiger partial charge in [-0.25, -0.2) is 14.2 Å². The van der Waals surface area contributed by atoms with Gasteiger partial charge in [0.2, 0.25) is 0 Å². The average Bonchev–Trinajstić information content (AvgIpc) is 3.40. The first-order valence-electron chi connectivity index (χ1n) is 9.29. The van der Waals surface area contributed by atoms with Crippen molar-refractivity contribution in [1.82, 2.24) is 10.1 Å². The van der Waals surface area contributed by atoms with Gasteiger partial charge in [-0.2, -0.15) is 0 Å². The summed E-state index contributed by atoms with van der Waals surface area (Å²) in [4.78, 5) is 20.2. The molecule has 30 heavy (non-hydrogen) atoms. The molecule has 4 rings (SSSR count). The molecule has 0 aliphatic carbocycles. The Hall–Kier alpha value is -3.75. The number of anilines is 1. The van der Waals surface area contributed by atoms with E-state index in [0.29, 0.717) is 16.8 Å². The number of benzene rings is 1. The molecule has 0 spiro atoms. The number of ether oxygens (including phenoxy) is 1. The van der Waals surface area contributed by atoms with Crippen LogP contribution >= 0.6 is 0 Å². The number of hydrogen-bond donors (Lipinski definition) is 2. The number of carboxylic acid groups (broad SMARTS) is 1. The lowest BCUT2D eigenvalue weighted by Crippen LogP contribution is -2.40. The molecule has 154 valence electrons. The van der Waals surface area contributed by atoms with Crippen LogP contribution in [0.2, 0.25) is 0 Å². The highest BCUT2D eigenvalue weighted by molar-refractivity contribution is 5.99. The number of aliphatic imine (C=N–C) groups is 1. The second-order valence-electron chi connectivity index (χ2n) is 7.17. The number of amidine groups is 1. The van der Waals surface area contributed by atoms with Crippen LogP contribution < -0.4 is 5.32 Å². The van der Waals surface area contributed by atoms with E-state index in [9.17, 15) is 14.3 Å². The molecule has 8 nitrogen and oxygen atoms in total. The van der Waals surface area contributed by atoms with Crippen molar-refractivity contribution in [3.63, 3.8) is 0 Å². The quantitative estimate of drug-likeness (QED) is 0.659. The molecule has 1 atom stereocenters. The van der Waals surface area contributed by atoms with Gasteiger partial charge in [0.1, 0.15) is 24.3 Å². The average molecular weight is 410 g/mol. The maximum Gasteiger partial charge on any atom is 0.356 e. The Morgan fingerprint density at radius 1 is 1.27 bits per heavy atom. The highest BCUT2D eigenvalue weighted by Crippen LogP contribution is 2.37. The first-order valence-corrected chi connectivity index (χ1v) is 9.29. The molecule has 0 saturated heterocycles. The minimum absolute atomic E-state index is 0.00390. The van der Waals surface area contributed by atoms with Gasteiger partial charge in [-0.15, -0.1) is 0 Å². The van der Waals surface area contributed by atoms with E-state index in [1.165, 1.54) is 24.5 Å². The Labute approximate surface area is 171 Å². The van der Waals surface area contributed by atoms with E-state index in [1.54, 1.807) is 24.5 Å². The van der Waals surface area contributed by atoms with Crippen molar-refractivity contribution < 1.29 is 23.6 Å². The topological polar surface area (TPSA) is 110 Å². The predicted octanol–water partition coefficient (Wildman–Crippen LogP) is 3.78. The fourth-order valence-corrected chi connectivity index (χ4v) is 3.34. The molecule has 1 aromatic carbocycles. The first kappa shape index (κ1) is 19.6. The van der Waals surface area contributed by atoms with Crippen molar-refractivity contribution in [3.8, 4) is 11.1 Å². The second kappa shape index (κ2) is 7.58. The van der Waals surface area contributed by atoms with Crippen LogP contribution in [0.25, 0.3) is 11.1 Å². The van der Waals surface area contributed by atoms with E-state index < -0.39 is 11.6 Å². The minimum atomic E-state index is -1.79. The van der Waals surface area contributed by atoms with E-state index in [-0.39, 0.29) is 30.0 Å².